The van der Waals surface area contributed by atoms with Crippen LogP contribution in [0.4, 0.5) is 5.69 Å². The molecule has 0 amide bonds. The molecule has 3 N–H and O–H groups in total. The lowest BCUT2D eigenvalue weighted by atomic mass is 10.1. The summed E-state index contributed by atoms with van der Waals surface area (Å²) in [6.45, 7) is 4.95. The summed E-state index contributed by atoms with van der Waals surface area (Å²) in [5, 5.41) is 15.9. The summed E-state index contributed by atoms with van der Waals surface area (Å²) in [4.78, 5) is 0.157. The fourth-order valence-corrected chi connectivity index (χ4v) is 3.48. The van der Waals surface area contributed by atoms with E-state index in [2.05, 4.69) is 14.9 Å². The van der Waals surface area contributed by atoms with Crippen LogP contribution in [0.3, 0.4) is 0 Å². The predicted molar refractivity (Wildman–Crippen MR) is 76.0 cm³/mol. The van der Waals surface area contributed by atoms with Gasteiger partial charge in [0, 0.05) is 0 Å². The molecule has 0 aliphatic carbocycles. The highest BCUT2D eigenvalue weighted by Crippen LogP contribution is 2.24. The lowest BCUT2D eigenvalue weighted by Crippen LogP contribution is -2.16. The van der Waals surface area contributed by atoms with Crippen molar-refractivity contribution < 1.29 is 13.5 Å². The highest BCUT2D eigenvalue weighted by molar-refractivity contribution is 7.92. The molecule has 2 rings (SSSR count). The van der Waals surface area contributed by atoms with Gasteiger partial charge in [0.2, 0.25) is 0 Å². The second-order valence-corrected chi connectivity index (χ2v) is 6.26. The molecule has 6 nitrogen and oxygen atoms in total. The number of aromatic amines is 1. The second kappa shape index (κ2) is 5.26. The number of benzene rings is 1. The molecule has 7 heteroatoms. The van der Waals surface area contributed by atoms with E-state index >= 15 is 0 Å². The number of aliphatic hydroxyl groups is 1. The van der Waals surface area contributed by atoms with Gasteiger partial charge in [0.1, 0.15) is 0 Å². The first kappa shape index (κ1) is 14.5. The summed E-state index contributed by atoms with van der Waals surface area (Å²) in [6, 6.07) is 4.83. The fourth-order valence-electron chi connectivity index (χ4n) is 2.01. The van der Waals surface area contributed by atoms with Crippen LogP contribution in [0.5, 0.6) is 0 Å². The first-order valence-electron chi connectivity index (χ1n) is 6.10. The van der Waals surface area contributed by atoms with Crippen LogP contribution in [0.1, 0.15) is 22.5 Å². The Kier molecular flexibility index (Phi) is 3.82. The van der Waals surface area contributed by atoms with Crippen molar-refractivity contribution in [3.63, 3.8) is 0 Å². The number of H-pyrrole nitrogens is 1. The number of sulfonamides is 1. The molecule has 20 heavy (non-hydrogen) atoms. The Balaban J connectivity index is 2.47. The van der Waals surface area contributed by atoms with E-state index in [0.29, 0.717) is 28.2 Å². The minimum atomic E-state index is -3.71. The van der Waals surface area contributed by atoms with Crippen molar-refractivity contribution in [1.82, 2.24) is 10.2 Å². The number of hydrogen-bond donors (Lipinski definition) is 3. The van der Waals surface area contributed by atoms with Gasteiger partial charge in [-0.05, 0) is 38.0 Å². The molecule has 2 aromatic rings. The van der Waals surface area contributed by atoms with Crippen molar-refractivity contribution in [3.8, 4) is 0 Å². The van der Waals surface area contributed by atoms with Crippen molar-refractivity contribution in [2.75, 3.05) is 4.72 Å². The van der Waals surface area contributed by atoms with E-state index in [1.165, 1.54) is 6.07 Å². The van der Waals surface area contributed by atoms with Gasteiger partial charge in [-0.25, -0.2) is 8.42 Å². The molecule has 1 aromatic heterocycles. The average molecular weight is 295 g/mol. The summed E-state index contributed by atoms with van der Waals surface area (Å²) in [7, 11) is -3.71. The zero-order valence-electron chi connectivity index (χ0n) is 11.6. The van der Waals surface area contributed by atoms with Crippen LogP contribution >= 0.6 is 0 Å². The fraction of sp³-hybridized carbons (Fsp3) is 0.308. The lowest BCUT2D eigenvalue weighted by Gasteiger charge is -2.12. The van der Waals surface area contributed by atoms with Crippen LogP contribution in [0.15, 0.2) is 23.1 Å². The topological polar surface area (TPSA) is 95.1 Å². The molecular weight excluding hydrogens is 278 g/mol. The van der Waals surface area contributed by atoms with Crippen molar-refractivity contribution in [2.45, 2.75) is 32.3 Å². The van der Waals surface area contributed by atoms with Crippen molar-refractivity contribution in [1.29, 1.82) is 0 Å². The Bertz CT molecular complexity index is 716. The van der Waals surface area contributed by atoms with E-state index in [0.717, 1.165) is 0 Å². The van der Waals surface area contributed by atoms with Gasteiger partial charge in [-0.3, -0.25) is 9.82 Å². The highest BCUT2D eigenvalue weighted by atomic mass is 32.2. The summed E-state index contributed by atoms with van der Waals surface area (Å²) in [6.07, 6.45) is 0. The Hall–Kier alpha value is -1.86. The van der Waals surface area contributed by atoms with Crippen LogP contribution in [0.2, 0.25) is 0 Å². The van der Waals surface area contributed by atoms with E-state index in [4.69, 9.17) is 0 Å². The second-order valence-electron chi connectivity index (χ2n) is 4.61. The molecule has 0 aliphatic rings. The standard InChI is InChI=1S/C13H17N3O3S/c1-8-11(7-17)5-4-6-12(8)20(18,19)16-13-9(2)14-15-10(13)3/h4-6,16-17H,7H2,1-3H3,(H,14,15). The van der Waals surface area contributed by atoms with E-state index in [9.17, 15) is 13.5 Å². The molecule has 1 heterocycles. The predicted octanol–water partition coefficient (Wildman–Crippen LogP) is 1.63. The highest BCUT2D eigenvalue weighted by Gasteiger charge is 2.21. The summed E-state index contributed by atoms with van der Waals surface area (Å²) in [5.74, 6) is 0. The van der Waals surface area contributed by atoms with Gasteiger partial charge < -0.3 is 5.11 Å². The van der Waals surface area contributed by atoms with Crippen LogP contribution in [0.25, 0.3) is 0 Å². The Morgan fingerprint density at radius 2 is 2.00 bits per heavy atom. The third kappa shape index (κ3) is 2.54. The molecule has 0 aliphatic heterocycles. The minimum Gasteiger partial charge on any atom is -0.392 e. The molecule has 0 saturated carbocycles. The van der Waals surface area contributed by atoms with E-state index in [-0.39, 0.29) is 11.5 Å². The molecule has 108 valence electrons. The number of aromatic nitrogens is 2. The van der Waals surface area contributed by atoms with Gasteiger partial charge in [-0.1, -0.05) is 12.1 Å². The molecule has 0 radical (unpaired) electrons. The molecule has 0 spiro atoms. The number of nitrogens with one attached hydrogen (secondary N) is 2. The van der Waals surface area contributed by atoms with Gasteiger partial charge in [-0.15, -0.1) is 0 Å². The Labute approximate surface area is 117 Å². The number of nitrogens with zero attached hydrogens (tertiary/aromatic N) is 1. The number of aryl methyl sites for hydroxylation is 2. The number of aliphatic hydroxyl groups excluding tert-OH is 1. The Morgan fingerprint density at radius 3 is 2.55 bits per heavy atom. The van der Waals surface area contributed by atoms with Gasteiger partial charge in [0.05, 0.1) is 28.6 Å². The van der Waals surface area contributed by atoms with E-state index in [1.807, 2.05) is 0 Å². The average Bonchev–Trinajstić information content (AvgIpc) is 2.70. The smallest absolute Gasteiger partial charge is 0.262 e. The monoisotopic (exact) mass is 295 g/mol. The number of anilines is 1. The van der Waals surface area contributed by atoms with Crippen LogP contribution in [-0.4, -0.2) is 23.7 Å². The van der Waals surface area contributed by atoms with Crippen LogP contribution < -0.4 is 4.72 Å². The molecule has 0 bridgehead atoms. The maximum atomic E-state index is 12.5. The van der Waals surface area contributed by atoms with E-state index < -0.39 is 10.0 Å². The van der Waals surface area contributed by atoms with Crippen LogP contribution in [-0.2, 0) is 16.6 Å². The molecular formula is C13H17N3O3S. The molecule has 1 aromatic carbocycles. The first-order chi connectivity index (χ1) is 9.36. The van der Waals surface area contributed by atoms with Crippen molar-refractivity contribution >= 4 is 15.7 Å². The van der Waals surface area contributed by atoms with Gasteiger partial charge in [-0.2, -0.15) is 5.10 Å². The zero-order chi connectivity index (χ0) is 14.9. The summed E-state index contributed by atoms with van der Waals surface area (Å²) in [5.41, 5.74) is 2.83. The summed E-state index contributed by atoms with van der Waals surface area (Å²) >= 11 is 0. The normalized spacial score (nSPS) is 11.6. The molecule has 0 saturated heterocycles. The minimum absolute atomic E-state index is 0.157. The number of hydrogen-bond acceptors (Lipinski definition) is 4. The SMILES string of the molecule is Cc1n[nH]c(C)c1NS(=O)(=O)c1cccc(CO)c1C. The maximum Gasteiger partial charge on any atom is 0.262 e. The lowest BCUT2D eigenvalue weighted by molar-refractivity contribution is 0.280. The van der Waals surface area contributed by atoms with E-state index in [1.54, 1.807) is 32.9 Å². The van der Waals surface area contributed by atoms with Gasteiger partial charge >= 0.3 is 0 Å². The molecule has 0 atom stereocenters. The Morgan fingerprint density at radius 1 is 1.30 bits per heavy atom. The van der Waals surface area contributed by atoms with Gasteiger partial charge in [0.25, 0.3) is 10.0 Å². The van der Waals surface area contributed by atoms with Crippen molar-refractivity contribution in [2.24, 2.45) is 0 Å². The largest absolute Gasteiger partial charge is 0.392 e. The van der Waals surface area contributed by atoms with Gasteiger partial charge in [0.15, 0.2) is 0 Å². The third-order valence-electron chi connectivity index (χ3n) is 3.22. The number of rotatable bonds is 4. The molecule has 0 unspecified atom stereocenters. The zero-order valence-corrected chi connectivity index (χ0v) is 12.4. The first-order valence-corrected chi connectivity index (χ1v) is 7.59. The van der Waals surface area contributed by atoms with Crippen molar-refractivity contribution in [3.05, 3.63) is 40.7 Å². The molecule has 0 fully saturated rings. The quantitative estimate of drug-likeness (QED) is 0.799. The summed E-state index contributed by atoms with van der Waals surface area (Å²) < 4.78 is 27.5. The third-order valence-corrected chi connectivity index (χ3v) is 4.71. The maximum absolute atomic E-state index is 12.5. The van der Waals surface area contributed by atoms with Crippen LogP contribution in [0, 0.1) is 20.8 Å².